The van der Waals surface area contributed by atoms with Gasteiger partial charge in [-0.1, -0.05) is 19.1 Å². The maximum absolute atomic E-state index is 12.2. The number of likely N-dealkylation sites (tertiary alicyclic amines) is 1. The van der Waals surface area contributed by atoms with E-state index in [1.54, 1.807) is 12.1 Å². The lowest BCUT2D eigenvalue weighted by atomic mass is 10.1. The lowest BCUT2D eigenvalue weighted by molar-refractivity contribution is -0.384. The second-order valence-corrected chi connectivity index (χ2v) is 4.91. The van der Waals surface area contributed by atoms with Gasteiger partial charge >= 0.3 is 0 Å². The van der Waals surface area contributed by atoms with Crippen LogP contribution in [0.1, 0.15) is 36.5 Å². The Labute approximate surface area is 112 Å². The first-order valence-electron chi connectivity index (χ1n) is 6.63. The van der Waals surface area contributed by atoms with Gasteiger partial charge in [0.1, 0.15) is 0 Å². The van der Waals surface area contributed by atoms with E-state index in [9.17, 15) is 14.9 Å². The number of hydrogen-bond donors (Lipinski definition) is 0. The lowest BCUT2D eigenvalue weighted by Gasteiger charge is -2.22. The van der Waals surface area contributed by atoms with E-state index in [1.807, 2.05) is 0 Å². The fraction of sp³-hybridized carbons (Fsp3) is 0.500. The molecule has 1 aromatic carbocycles. The topological polar surface area (TPSA) is 63.5 Å². The summed E-state index contributed by atoms with van der Waals surface area (Å²) in [5, 5.41) is 10.7. The van der Waals surface area contributed by atoms with Crippen molar-refractivity contribution in [1.82, 2.24) is 4.90 Å². The van der Waals surface area contributed by atoms with E-state index < -0.39 is 4.92 Å². The molecule has 0 saturated carbocycles. The van der Waals surface area contributed by atoms with Crippen LogP contribution in [0, 0.1) is 10.1 Å². The van der Waals surface area contributed by atoms with Crippen LogP contribution in [0.5, 0.6) is 0 Å². The molecule has 0 radical (unpaired) electrons. The zero-order valence-electron chi connectivity index (χ0n) is 11.0. The Morgan fingerprint density at radius 3 is 3.00 bits per heavy atom. The molecule has 1 aliphatic heterocycles. The zero-order chi connectivity index (χ0) is 13.8. The van der Waals surface area contributed by atoms with E-state index in [0.717, 1.165) is 25.8 Å². The predicted molar refractivity (Wildman–Crippen MR) is 72.3 cm³/mol. The minimum atomic E-state index is -0.471. The maximum atomic E-state index is 12.2. The van der Waals surface area contributed by atoms with E-state index in [1.165, 1.54) is 12.1 Å². The van der Waals surface area contributed by atoms with Crippen molar-refractivity contribution in [2.24, 2.45) is 0 Å². The number of benzene rings is 1. The van der Waals surface area contributed by atoms with Crippen LogP contribution in [0.15, 0.2) is 24.3 Å². The molecule has 5 nitrogen and oxygen atoms in total. The molecule has 0 bridgehead atoms. The third-order valence-electron chi connectivity index (χ3n) is 3.70. The third kappa shape index (κ3) is 3.17. The van der Waals surface area contributed by atoms with Crippen LogP contribution in [0.4, 0.5) is 5.69 Å². The Balaban J connectivity index is 2.07. The molecular formula is C14H18N2O3. The second kappa shape index (κ2) is 5.93. The first-order chi connectivity index (χ1) is 9.11. The van der Waals surface area contributed by atoms with Gasteiger partial charge in [0.15, 0.2) is 5.78 Å². The number of nitrogens with zero attached hydrogens (tertiary/aromatic N) is 2. The van der Waals surface area contributed by atoms with Gasteiger partial charge in [0, 0.05) is 23.7 Å². The number of carbonyl (C=O) groups is 1. The van der Waals surface area contributed by atoms with Gasteiger partial charge in [0.05, 0.1) is 11.5 Å². The highest BCUT2D eigenvalue weighted by atomic mass is 16.6. The first-order valence-corrected chi connectivity index (χ1v) is 6.63. The summed E-state index contributed by atoms with van der Waals surface area (Å²) >= 11 is 0. The third-order valence-corrected chi connectivity index (χ3v) is 3.70. The van der Waals surface area contributed by atoms with Gasteiger partial charge in [-0.05, 0) is 25.8 Å². The van der Waals surface area contributed by atoms with Gasteiger partial charge < -0.3 is 0 Å². The molecule has 0 aliphatic carbocycles. The Kier molecular flexibility index (Phi) is 4.27. The summed E-state index contributed by atoms with van der Waals surface area (Å²) in [6, 6.07) is 6.45. The lowest BCUT2D eigenvalue weighted by Crippen LogP contribution is -2.33. The molecule has 0 amide bonds. The van der Waals surface area contributed by atoms with Crippen molar-refractivity contribution >= 4 is 11.5 Å². The molecule has 1 saturated heterocycles. The standard InChI is InChI=1S/C14H18N2O3/c1-2-12-7-4-8-15(12)10-14(17)11-5-3-6-13(9-11)16(18)19/h3,5-6,9,12H,2,4,7-8,10H2,1H3. The van der Waals surface area contributed by atoms with Crippen LogP contribution in [0.2, 0.25) is 0 Å². The van der Waals surface area contributed by atoms with E-state index in [0.29, 0.717) is 18.2 Å². The Morgan fingerprint density at radius 1 is 1.53 bits per heavy atom. The number of nitro benzene ring substituents is 1. The van der Waals surface area contributed by atoms with Crippen LogP contribution in [-0.4, -0.2) is 34.7 Å². The van der Waals surface area contributed by atoms with Gasteiger partial charge in [0.2, 0.25) is 0 Å². The molecule has 5 heteroatoms. The van der Waals surface area contributed by atoms with Crippen molar-refractivity contribution < 1.29 is 9.72 Å². The fourth-order valence-electron chi connectivity index (χ4n) is 2.63. The number of carbonyl (C=O) groups excluding carboxylic acids is 1. The van der Waals surface area contributed by atoms with Crippen molar-refractivity contribution in [3.8, 4) is 0 Å². The zero-order valence-corrected chi connectivity index (χ0v) is 11.0. The number of rotatable bonds is 5. The molecule has 0 aromatic heterocycles. The van der Waals surface area contributed by atoms with Crippen LogP contribution in [0.25, 0.3) is 0 Å². The summed E-state index contributed by atoms with van der Waals surface area (Å²) in [7, 11) is 0. The molecule has 0 N–H and O–H groups in total. The molecular weight excluding hydrogens is 244 g/mol. The van der Waals surface area contributed by atoms with E-state index in [2.05, 4.69) is 11.8 Å². The fourth-order valence-corrected chi connectivity index (χ4v) is 2.63. The Hall–Kier alpha value is -1.75. The largest absolute Gasteiger partial charge is 0.293 e. The van der Waals surface area contributed by atoms with Gasteiger partial charge in [-0.15, -0.1) is 0 Å². The second-order valence-electron chi connectivity index (χ2n) is 4.91. The molecule has 1 fully saturated rings. The Morgan fingerprint density at radius 2 is 2.32 bits per heavy atom. The summed E-state index contributed by atoms with van der Waals surface area (Å²) in [6.45, 7) is 3.43. The van der Waals surface area contributed by atoms with E-state index >= 15 is 0 Å². The number of hydrogen-bond acceptors (Lipinski definition) is 4. The number of ketones is 1. The normalized spacial score (nSPS) is 19.5. The monoisotopic (exact) mass is 262 g/mol. The average Bonchev–Trinajstić information content (AvgIpc) is 2.86. The van der Waals surface area contributed by atoms with Gasteiger partial charge in [-0.25, -0.2) is 0 Å². The number of nitro groups is 1. The summed E-state index contributed by atoms with van der Waals surface area (Å²) < 4.78 is 0. The van der Waals surface area contributed by atoms with E-state index in [4.69, 9.17) is 0 Å². The molecule has 1 atom stereocenters. The highest BCUT2D eigenvalue weighted by Gasteiger charge is 2.25. The van der Waals surface area contributed by atoms with Gasteiger partial charge in [-0.3, -0.25) is 19.8 Å². The smallest absolute Gasteiger partial charge is 0.270 e. The Bertz CT molecular complexity index is 487. The van der Waals surface area contributed by atoms with Crippen molar-refractivity contribution in [2.45, 2.75) is 32.2 Å². The number of Topliss-reactive ketones (excluding diaryl/α,β-unsaturated/α-hetero) is 1. The van der Waals surface area contributed by atoms with Crippen molar-refractivity contribution in [3.63, 3.8) is 0 Å². The molecule has 1 heterocycles. The first kappa shape index (κ1) is 13.7. The molecule has 1 aliphatic rings. The van der Waals surface area contributed by atoms with Crippen LogP contribution in [0.3, 0.4) is 0 Å². The van der Waals surface area contributed by atoms with E-state index in [-0.39, 0.29) is 11.5 Å². The van der Waals surface area contributed by atoms with Crippen molar-refractivity contribution in [3.05, 3.63) is 39.9 Å². The molecule has 2 rings (SSSR count). The molecule has 1 aromatic rings. The van der Waals surface area contributed by atoms with Crippen LogP contribution in [-0.2, 0) is 0 Å². The summed E-state index contributed by atoms with van der Waals surface area (Å²) in [6.07, 6.45) is 3.31. The minimum Gasteiger partial charge on any atom is -0.293 e. The highest BCUT2D eigenvalue weighted by Crippen LogP contribution is 2.21. The van der Waals surface area contributed by atoms with Gasteiger partial charge in [0.25, 0.3) is 5.69 Å². The maximum Gasteiger partial charge on any atom is 0.270 e. The molecule has 0 spiro atoms. The summed E-state index contributed by atoms with van der Waals surface area (Å²) in [4.78, 5) is 24.6. The van der Waals surface area contributed by atoms with Gasteiger partial charge in [-0.2, -0.15) is 0 Å². The van der Waals surface area contributed by atoms with Crippen molar-refractivity contribution in [2.75, 3.05) is 13.1 Å². The SMILES string of the molecule is CCC1CCCN1CC(=O)c1cccc([N+](=O)[O-])c1. The summed E-state index contributed by atoms with van der Waals surface area (Å²) in [5.41, 5.74) is 0.398. The quantitative estimate of drug-likeness (QED) is 0.465. The van der Waals surface area contributed by atoms with Crippen molar-refractivity contribution in [1.29, 1.82) is 0 Å². The molecule has 102 valence electrons. The predicted octanol–water partition coefficient (Wildman–Crippen LogP) is 2.65. The highest BCUT2D eigenvalue weighted by molar-refractivity contribution is 5.98. The average molecular weight is 262 g/mol. The van der Waals surface area contributed by atoms with Crippen LogP contribution < -0.4 is 0 Å². The molecule has 1 unspecified atom stereocenters. The molecule has 19 heavy (non-hydrogen) atoms. The number of non-ortho nitro benzene ring substituents is 1. The minimum absolute atomic E-state index is 0.0284. The van der Waals surface area contributed by atoms with Crippen LogP contribution >= 0.6 is 0 Å². The summed E-state index contributed by atoms with van der Waals surface area (Å²) in [5.74, 6) is -0.0379.